The second-order valence-corrected chi connectivity index (χ2v) is 7.82. The highest BCUT2D eigenvalue weighted by Gasteiger charge is 2.15. The van der Waals surface area contributed by atoms with E-state index in [9.17, 15) is 13.2 Å². The van der Waals surface area contributed by atoms with Gasteiger partial charge in [0, 0.05) is 17.4 Å². The Morgan fingerprint density at radius 3 is 2.22 bits per heavy atom. The average Bonchev–Trinajstić information content (AvgIpc) is 2.65. The van der Waals surface area contributed by atoms with Gasteiger partial charge in [0.2, 0.25) is 0 Å². The zero-order chi connectivity index (χ0) is 19.4. The number of nitrogens with zero attached hydrogens (tertiary/aromatic N) is 1. The number of sulfonamides is 1. The second kappa shape index (κ2) is 7.59. The molecule has 0 atom stereocenters. The second-order valence-electron chi connectivity index (χ2n) is 6.14. The third-order valence-corrected chi connectivity index (χ3v) is 5.42. The minimum absolute atomic E-state index is 0.0807. The number of benzene rings is 2. The molecule has 0 saturated heterocycles. The van der Waals surface area contributed by atoms with Crippen LogP contribution in [0.4, 0.5) is 11.4 Å². The van der Waals surface area contributed by atoms with Crippen molar-refractivity contribution in [3.05, 3.63) is 83.7 Å². The van der Waals surface area contributed by atoms with Crippen LogP contribution in [0.5, 0.6) is 0 Å². The van der Waals surface area contributed by atoms with E-state index in [-0.39, 0.29) is 10.8 Å². The molecule has 1 amide bonds. The lowest BCUT2D eigenvalue weighted by Crippen LogP contribution is -2.15. The summed E-state index contributed by atoms with van der Waals surface area (Å²) < 4.78 is 27.5. The van der Waals surface area contributed by atoms with E-state index in [2.05, 4.69) is 15.0 Å². The Labute approximate surface area is 158 Å². The van der Waals surface area contributed by atoms with Crippen molar-refractivity contribution < 1.29 is 13.2 Å². The van der Waals surface area contributed by atoms with Gasteiger partial charge in [0.25, 0.3) is 15.9 Å². The van der Waals surface area contributed by atoms with Crippen molar-refractivity contribution in [1.29, 1.82) is 0 Å². The number of carbonyl (C=O) groups excluding carboxylic acids is 1. The molecule has 138 valence electrons. The largest absolute Gasteiger partial charge is 0.320 e. The Hall–Kier alpha value is -3.19. The van der Waals surface area contributed by atoms with Gasteiger partial charge < -0.3 is 5.32 Å². The molecule has 0 fully saturated rings. The minimum Gasteiger partial charge on any atom is -0.320 e. The first kappa shape index (κ1) is 18.6. The summed E-state index contributed by atoms with van der Waals surface area (Å²) in [6.07, 6.45) is 3.21. The van der Waals surface area contributed by atoms with Crippen LogP contribution in [-0.4, -0.2) is 19.3 Å². The summed E-state index contributed by atoms with van der Waals surface area (Å²) in [6, 6.07) is 14.6. The SMILES string of the molecule is Cc1ccc(NS(=O)(=O)c2ccc(C(=O)Nc3cnccc3C)cc2)cc1. The Kier molecular flexibility index (Phi) is 5.23. The van der Waals surface area contributed by atoms with Gasteiger partial charge in [-0.3, -0.25) is 14.5 Å². The van der Waals surface area contributed by atoms with Crippen LogP contribution in [-0.2, 0) is 10.0 Å². The van der Waals surface area contributed by atoms with Gasteiger partial charge in [0.1, 0.15) is 0 Å². The molecule has 0 bridgehead atoms. The lowest BCUT2D eigenvalue weighted by atomic mass is 10.2. The molecule has 2 aromatic carbocycles. The number of rotatable bonds is 5. The molecule has 0 spiro atoms. The Balaban J connectivity index is 1.75. The van der Waals surface area contributed by atoms with Crippen LogP contribution in [0.3, 0.4) is 0 Å². The predicted molar refractivity (Wildman–Crippen MR) is 105 cm³/mol. The molecule has 7 heteroatoms. The number of hydrogen-bond donors (Lipinski definition) is 2. The standard InChI is InChI=1S/C20H19N3O3S/c1-14-3-7-17(8-4-14)23-27(25,26)18-9-5-16(6-10-18)20(24)22-19-13-21-12-11-15(19)2/h3-13,23H,1-2H3,(H,22,24). The quantitative estimate of drug-likeness (QED) is 0.704. The summed E-state index contributed by atoms with van der Waals surface area (Å²) in [4.78, 5) is 16.4. The summed E-state index contributed by atoms with van der Waals surface area (Å²) in [5.41, 5.74) is 3.37. The van der Waals surface area contributed by atoms with Crippen molar-refractivity contribution >= 4 is 27.3 Å². The van der Waals surface area contributed by atoms with Crippen molar-refractivity contribution in [3.8, 4) is 0 Å². The van der Waals surface area contributed by atoms with Gasteiger partial charge in [0.05, 0.1) is 16.8 Å². The molecule has 0 saturated carbocycles. The molecule has 0 aliphatic carbocycles. The van der Waals surface area contributed by atoms with Gasteiger partial charge >= 0.3 is 0 Å². The molecule has 0 aliphatic rings. The molecule has 1 heterocycles. The number of aromatic nitrogens is 1. The zero-order valence-corrected chi connectivity index (χ0v) is 15.7. The predicted octanol–water partition coefficient (Wildman–Crippen LogP) is 3.75. The van der Waals surface area contributed by atoms with Crippen molar-refractivity contribution in [2.24, 2.45) is 0 Å². The van der Waals surface area contributed by atoms with Gasteiger partial charge in [-0.25, -0.2) is 8.42 Å². The van der Waals surface area contributed by atoms with Crippen LogP contribution in [0.25, 0.3) is 0 Å². The van der Waals surface area contributed by atoms with Crippen LogP contribution in [0.2, 0.25) is 0 Å². The fraction of sp³-hybridized carbons (Fsp3) is 0.100. The summed E-state index contributed by atoms with van der Waals surface area (Å²) >= 11 is 0. The molecular formula is C20H19N3O3S. The number of pyridine rings is 1. The van der Waals surface area contributed by atoms with Crippen molar-refractivity contribution in [2.45, 2.75) is 18.7 Å². The van der Waals surface area contributed by atoms with E-state index in [1.807, 2.05) is 26.0 Å². The third kappa shape index (κ3) is 4.51. The van der Waals surface area contributed by atoms with E-state index in [4.69, 9.17) is 0 Å². The van der Waals surface area contributed by atoms with Crippen LogP contribution in [0.1, 0.15) is 21.5 Å². The normalized spacial score (nSPS) is 11.0. The summed E-state index contributed by atoms with van der Waals surface area (Å²) in [7, 11) is -3.73. The number of anilines is 2. The maximum Gasteiger partial charge on any atom is 0.261 e. The molecule has 2 N–H and O–H groups in total. The topological polar surface area (TPSA) is 88.2 Å². The number of aryl methyl sites for hydroxylation is 2. The fourth-order valence-electron chi connectivity index (χ4n) is 2.41. The lowest BCUT2D eigenvalue weighted by molar-refractivity contribution is 0.102. The van der Waals surface area contributed by atoms with Gasteiger partial charge in [-0.15, -0.1) is 0 Å². The van der Waals surface area contributed by atoms with E-state index < -0.39 is 10.0 Å². The molecule has 1 aromatic heterocycles. The van der Waals surface area contributed by atoms with Crippen molar-refractivity contribution in [3.63, 3.8) is 0 Å². The van der Waals surface area contributed by atoms with Gasteiger partial charge in [-0.1, -0.05) is 17.7 Å². The first-order valence-electron chi connectivity index (χ1n) is 8.27. The number of nitrogens with one attached hydrogen (secondary N) is 2. The Morgan fingerprint density at radius 1 is 0.926 bits per heavy atom. The first-order valence-corrected chi connectivity index (χ1v) is 9.75. The van der Waals surface area contributed by atoms with Crippen LogP contribution in [0, 0.1) is 13.8 Å². The summed E-state index contributed by atoms with van der Waals surface area (Å²) in [5.74, 6) is -0.332. The van der Waals surface area contributed by atoms with E-state index in [0.717, 1.165) is 11.1 Å². The molecule has 27 heavy (non-hydrogen) atoms. The average molecular weight is 381 g/mol. The first-order chi connectivity index (χ1) is 12.8. The molecular weight excluding hydrogens is 362 g/mol. The fourth-order valence-corrected chi connectivity index (χ4v) is 3.47. The summed E-state index contributed by atoms with van der Waals surface area (Å²) in [5, 5.41) is 2.76. The Morgan fingerprint density at radius 2 is 1.59 bits per heavy atom. The number of hydrogen-bond acceptors (Lipinski definition) is 4. The molecule has 0 radical (unpaired) electrons. The van der Waals surface area contributed by atoms with E-state index in [0.29, 0.717) is 16.9 Å². The zero-order valence-electron chi connectivity index (χ0n) is 14.9. The van der Waals surface area contributed by atoms with E-state index >= 15 is 0 Å². The van der Waals surface area contributed by atoms with Gasteiger partial charge in [-0.05, 0) is 61.9 Å². The summed E-state index contributed by atoms with van der Waals surface area (Å²) in [6.45, 7) is 3.79. The third-order valence-electron chi connectivity index (χ3n) is 4.02. The van der Waals surface area contributed by atoms with Gasteiger partial charge in [0.15, 0.2) is 0 Å². The maximum atomic E-state index is 12.5. The Bertz CT molecular complexity index is 1060. The smallest absolute Gasteiger partial charge is 0.261 e. The van der Waals surface area contributed by atoms with Crippen molar-refractivity contribution in [1.82, 2.24) is 4.98 Å². The maximum absolute atomic E-state index is 12.5. The number of carbonyl (C=O) groups is 1. The highest BCUT2D eigenvalue weighted by molar-refractivity contribution is 7.92. The lowest BCUT2D eigenvalue weighted by Gasteiger charge is -2.10. The van der Waals surface area contributed by atoms with Crippen LogP contribution < -0.4 is 10.0 Å². The van der Waals surface area contributed by atoms with Crippen LogP contribution in [0.15, 0.2) is 71.9 Å². The number of amides is 1. The highest BCUT2D eigenvalue weighted by Crippen LogP contribution is 2.18. The molecule has 6 nitrogen and oxygen atoms in total. The van der Waals surface area contributed by atoms with E-state index in [1.165, 1.54) is 24.3 Å². The van der Waals surface area contributed by atoms with Crippen molar-refractivity contribution in [2.75, 3.05) is 10.0 Å². The molecule has 0 aliphatic heterocycles. The van der Waals surface area contributed by atoms with Crippen LogP contribution >= 0.6 is 0 Å². The minimum atomic E-state index is -3.73. The monoisotopic (exact) mass is 381 g/mol. The van der Waals surface area contributed by atoms with Gasteiger partial charge in [-0.2, -0.15) is 0 Å². The molecule has 3 rings (SSSR count). The molecule has 0 unspecified atom stereocenters. The molecule has 3 aromatic rings. The van der Waals surface area contributed by atoms with E-state index in [1.54, 1.807) is 30.6 Å². The highest BCUT2D eigenvalue weighted by atomic mass is 32.2.